The summed E-state index contributed by atoms with van der Waals surface area (Å²) in [6.07, 6.45) is 8.37. The quantitative estimate of drug-likeness (QED) is 0.276. The van der Waals surface area contributed by atoms with Crippen LogP contribution in [0, 0.1) is 11.7 Å². The zero-order chi connectivity index (χ0) is 32.6. The summed E-state index contributed by atoms with van der Waals surface area (Å²) in [5.41, 5.74) is 0.351. The first-order chi connectivity index (χ1) is 21.5. The van der Waals surface area contributed by atoms with Crippen LogP contribution in [-0.2, 0) is 27.2 Å². The molecule has 0 spiro atoms. The average molecular weight is 628 g/mol. The van der Waals surface area contributed by atoms with Gasteiger partial charge < -0.3 is 30.5 Å². The smallest absolute Gasteiger partial charge is 0.257 e. The third kappa shape index (κ3) is 9.12. The van der Waals surface area contributed by atoms with Gasteiger partial charge in [0.1, 0.15) is 29.7 Å². The van der Waals surface area contributed by atoms with Crippen LogP contribution in [0.25, 0.3) is 0 Å². The third-order valence-corrected chi connectivity index (χ3v) is 9.00. The number of carbonyl (C=O) groups is 4. The van der Waals surface area contributed by atoms with Crippen LogP contribution in [0.2, 0.25) is 0 Å². The predicted octanol–water partition coefficient (Wildman–Crippen LogP) is 3.89. The molecule has 1 aliphatic carbocycles. The second-order valence-corrected chi connectivity index (χ2v) is 12.5. The molecular weight excluding hydrogens is 581 g/mol. The minimum absolute atomic E-state index is 0.0467. The SMILES string of the molecule is CCC(=O)N[C@H](Cc1ccc(NC(=O)[C@@H](NC(=O)c2conc2CC)C2CCCCCC2)c(F)c1)C(=O)N1CCC(C)(O)CC1. The highest BCUT2D eigenvalue weighted by molar-refractivity contribution is 6.01. The Morgan fingerprint density at radius 3 is 2.40 bits per heavy atom. The lowest BCUT2D eigenvalue weighted by Gasteiger charge is -2.37. The van der Waals surface area contributed by atoms with E-state index in [1.165, 1.54) is 18.4 Å². The topological polar surface area (TPSA) is 154 Å². The number of hydrogen-bond donors (Lipinski definition) is 4. The molecule has 2 aromatic rings. The number of benzene rings is 1. The van der Waals surface area contributed by atoms with Gasteiger partial charge in [-0.3, -0.25) is 19.2 Å². The first kappa shape index (κ1) is 34.1. The van der Waals surface area contributed by atoms with Crippen molar-refractivity contribution in [1.82, 2.24) is 20.7 Å². The van der Waals surface area contributed by atoms with Gasteiger partial charge in [-0.05, 0) is 62.6 Å². The molecule has 2 aliphatic rings. The minimum Gasteiger partial charge on any atom is -0.390 e. The van der Waals surface area contributed by atoms with Gasteiger partial charge in [0.05, 0.1) is 17.0 Å². The summed E-state index contributed by atoms with van der Waals surface area (Å²) in [6.45, 7) is 6.00. The van der Waals surface area contributed by atoms with Gasteiger partial charge in [0.25, 0.3) is 5.91 Å². The molecule has 246 valence electrons. The second kappa shape index (κ2) is 15.5. The van der Waals surface area contributed by atoms with Crippen molar-refractivity contribution in [3.63, 3.8) is 0 Å². The van der Waals surface area contributed by atoms with E-state index < -0.39 is 35.3 Å². The Kier molecular flexibility index (Phi) is 11.7. The van der Waals surface area contributed by atoms with Crippen LogP contribution >= 0.6 is 0 Å². The molecule has 4 N–H and O–H groups in total. The fourth-order valence-electron chi connectivity index (χ4n) is 6.12. The summed E-state index contributed by atoms with van der Waals surface area (Å²) in [6, 6.07) is 2.51. The van der Waals surface area contributed by atoms with Crippen molar-refractivity contribution in [2.45, 2.75) is 109 Å². The van der Waals surface area contributed by atoms with E-state index >= 15 is 4.39 Å². The van der Waals surface area contributed by atoms with Crippen LogP contribution in [0.3, 0.4) is 0 Å². The molecule has 4 rings (SSSR count). The van der Waals surface area contributed by atoms with E-state index in [0.717, 1.165) is 38.5 Å². The zero-order valence-corrected chi connectivity index (χ0v) is 26.5. The highest BCUT2D eigenvalue weighted by Gasteiger charge is 2.34. The molecule has 2 fully saturated rings. The van der Waals surface area contributed by atoms with Crippen molar-refractivity contribution in [3.8, 4) is 0 Å². The van der Waals surface area contributed by atoms with Crippen LogP contribution in [0.5, 0.6) is 0 Å². The van der Waals surface area contributed by atoms with Gasteiger partial charge in [-0.15, -0.1) is 0 Å². The first-order valence-electron chi connectivity index (χ1n) is 16.1. The molecule has 12 heteroatoms. The molecule has 1 saturated carbocycles. The Balaban J connectivity index is 1.48. The van der Waals surface area contributed by atoms with Gasteiger partial charge in [0.15, 0.2) is 0 Å². The third-order valence-electron chi connectivity index (χ3n) is 9.00. The Labute approximate surface area is 263 Å². The molecule has 0 radical (unpaired) electrons. The molecule has 2 heterocycles. The van der Waals surface area contributed by atoms with Crippen LogP contribution in [0.15, 0.2) is 29.0 Å². The summed E-state index contributed by atoms with van der Waals surface area (Å²) in [4.78, 5) is 54.0. The Morgan fingerprint density at radius 1 is 1.09 bits per heavy atom. The number of piperidine rings is 1. The molecule has 1 aromatic carbocycles. The summed E-state index contributed by atoms with van der Waals surface area (Å²) >= 11 is 0. The zero-order valence-electron chi connectivity index (χ0n) is 26.5. The van der Waals surface area contributed by atoms with Crippen LogP contribution < -0.4 is 16.0 Å². The maximum absolute atomic E-state index is 15.5. The molecule has 0 unspecified atom stereocenters. The molecule has 0 bridgehead atoms. The molecule has 45 heavy (non-hydrogen) atoms. The van der Waals surface area contributed by atoms with E-state index in [1.54, 1.807) is 24.8 Å². The number of aliphatic hydroxyl groups is 1. The number of aryl methyl sites for hydroxylation is 1. The summed E-state index contributed by atoms with van der Waals surface area (Å²) in [7, 11) is 0. The number of rotatable bonds is 11. The number of likely N-dealkylation sites (tertiary alicyclic amines) is 1. The number of hydrogen-bond acceptors (Lipinski definition) is 7. The Morgan fingerprint density at radius 2 is 1.78 bits per heavy atom. The van der Waals surface area contributed by atoms with E-state index in [-0.39, 0.29) is 41.8 Å². The average Bonchev–Trinajstić information content (AvgIpc) is 3.34. The van der Waals surface area contributed by atoms with Crippen LogP contribution in [0.4, 0.5) is 10.1 Å². The standard InChI is InChI=1S/C33H46FN5O6/c1-4-25-23(20-45-38-25)30(41)37-29(22-10-8-6-7-9-11-22)31(42)36-26-13-12-21(18-24(26)34)19-27(35-28(40)5-2)32(43)39-16-14-33(3,44)15-17-39/h12-13,18,20,22,27,29,44H,4-11,14-17,19H2,1-3H3,(H,35,40)(H,36,42)(H,37,41)/t27-,29+/m1/s1. The fraction of sp³-hybridized carbons (Fsp3) is 0.606. The molecular formula is C33H46FN5O6. The lowest BCUT2D eigenvalue weighted by atomic mass is 9.90. The van der Waals surface area contributed by atoms with Crippen molar-refractivity contribution in [2.24, 2.45) is 5.92 Å². The lowest BCUT2D eigenvalue weighted by molar-refractivity contribution is -0.139. The Bertz CT molecular complexity index is 1340. The van der Waals surface area contributed by atoms with E-state index in [1.807, 2.05) is 6.92 Å². The number of amides is 4. The van der Waals surface area contributed by atoms with Crippen molar-refractivity contribution >= 4 is 29.3 Å². The van der Waals surface area contributed by atoms with E-state index in [2.05, 4.69) is 21.1 Å². The molecule has 1 saturated heterocycles. The van der Waals surface area contributed by atoms with Crippen molar-refractivity contribution in [2.75, 3.05) is 18.4 Å². The number of nitrogens with one attached hydrogen (secondary N) is 3. The van der Waals surface area contributed by atoms with E-state index in [4.69, 9.17) is 4.52 Å². The largest absolute Gasteiger partial charge is 0.390 e. The summed E-state index contributed by atoms with van der Waals surface area (Å²) in [5, 5.41) is 22.4. The van der Waals surface area contributed by atoms with Crippen molar-refractivity contribution in [3.05, 3.63) is 47.1 Å². The fourth-order valence-corrected chi connectivity index (χ4v) is 6.12. The van der Waals surface area contributed by atoms with Gasteiger partial charge >= 0.3 is 0 Å². The summed E-state index contributed by atoms with van der Waals surface area (Å²) in [5.74, 6) is -2.37. The second-order valence-electron chi connectivity index (χ2n) is 12.5. The normalized spacial score (nSPS) is 18.4. The number of carbonyl (C=O) groups excluding carboxylic acids is 4. The summed E-state index contributed by atoms with van der Waals surface area (Å²) < 4.78 is 20.4. The monoisotopic (exact) mass is 627 g/mol. The van der Waals surface area contributed by atoms with Crippen molar-refractivity contribution < 1.29 is 33.2 Å². The van der Waals surface area contributed by atoms with Crippen LogP contribution in [0.1, 0.15) is 100 Å². The van der Waals surface area contributed by atoms with Crippen molar-refractivity contribution in [1.29, 1.82) is 0 Å². The Hall–Kier alpha value is -3.80. The predicted molar refractivity (Wildman–Crippen MR) is 166 cm³/mol. The molecule has 4 amide bonds. The minimum atomic E-state index is -0.902. The highest BCUT2D eigenvalue weighted by atomic mass is 19.1. The van der Waals surface area contributed by atoms with Gasteiger partial charge in [-0.2, -0.15) is 0 Å². The van der Waals surface area contributed by atoms with Crippen LogP contribution in [-0.4, -0.2) is 69.6 Å². The van der Waals surface area contributed by atoms with Gasteiger partial charge in [-0.1, -0.05) is 50.8 Å². The number of anilines is 1. The molecule has 2 atom stereocenters. The number of aromatic nitrogens is 1. The highest BCUT2D eigenvalue weighted by Crippen LogP contribution is 2.28. The van der Waals surface area contributed by atoms with E-state index in [9.17, 15) is 24.3 Å². The number of nitrogens with zero attached hydrogens (tertiary/aromatic N) is 2. The van der Waals surface area contributed by atoms with Gasteiger partial charge in [0.2, 0.25) is 17.7 Å². The maximum Gasteiger partial charge on any atom is 0.257 e. The van der Waals surface area contributed by atoms with Gasteiger partial charge in [0, 0.05) is 25.9 Å². The maximum atomic E-state index is 15.5. The van der Waals surface area contributed by atoms with Gasteiger partial charge in [-0.25, -0.2) is 4.39 Å². The molecule has 1 aromatic heterocycles. The molecule has 1 aliphatic heterocycles. The molecule has 11 nitrogen and oxygen atoms in total. The first-order valence-corrected chi connectivity index (χ1v) is 16.1. The number of halogens is 1. The lowest BCUT2D eigenvalue weighted by Crippen LogP contribution is -2.53. The van der Waals surface area contributed by atoms with E-state index in [0.29, 0.717) is 43.6 Å².